The summed E-state index contributed by atoms with van der Waals surface area (Å²) in [5.41, 5.74) is 15.3. The van der Waals surface area contributed by atoms with Crippen LogP contribution in [-0.4, -0.2) is 0 Å². The minimum absolute atomic E-state index is 0.147. The molecule has 0 saturated carbocycles. The summed E-state index contributed by atoms with van der Waals surface area (Å²) in [6.45, 7) is 14.1. The molecular weight excluding hydrogens is 436 g/mol. The molecule has 4 bridgehead atoms. The highest BCUT2D eigenvalue weighted by Crippen LogP contribution is 2.46. The maximum atomic E-state index is 2.51. The van der Waals surface area contributed by atoms with Crippen molar-refractivity contribution in [1.82, 2.24) is 0 Å². The van der Waals surface area contributed by atoms with Crippen LogP contribution in [0.5, 0.6) is 0 Å². The van der Waals surface area contributed by atoms with Gasteiger partial charge in [-0.25, -0.2) is 0 Å². The quantitative estimate of drug-likeness (QED) is 0.250. The molecule has 2 aliphatic heterocycles. The minimum Gasteiger partial charge on any atom is -0.152 e. The molecule has 1 aliphatic carbocycles. The Kier molecular flexibility index (Phi) is 5.98. The number of fused-ring (bicyclic) bond motifs is 7. The van der Waals surface area contributed by atoms with E-state index in [0.717, 1.165) is 29.4 Å². The lowest BCUT2D eigenvalue weighted by molar-refractivity contribution is 0.589. The van der Waals surface area contributed by atoms with Crippen LogP contribution in [0.2, 0.25) is 0 Å². The Morgan fingerprint density at radius 1 is 0.545 bits per heavy atom. The van der Waals surface area contributed by atoms with Crippen molar-refractivity contribution >= 4 is 23.5 Å². The Hall–Kier alpha value is -1.64. The standard InChI is InChI=1S/C31H36S2/c1-30(2,3)24-11-22-18-32-16-20-7-9-21(10-8-20)17-33-19-23-12-25(31(4,5)6)14-29-27(23)15-26(22)28(29)13-24/h7-14H,15-19H2,1-6H3. The van der Waals surface area contributed by atoms with Crippen LogP contribution in [0.25, 0.3) is 11.1 Å². The second-order valence-electron chi connectivity index (χ2n) is 11.8. The maximum Gasteiger partial charge on any atom is 0.0191 e. The van der Waals surface area contributed by atoms with Crippen LogP contribution in [0, 0.1) is 0 Å². The van der Waals surface area contributed by atoms with Gasteiger partial charge in [-0.15, -0.1) is 0 Å². The predicted octanol–water partition coefficient (Wildman–Crippen LogP) is 9.03. The van der Waals surface area contributed by atoms with Gasteiger partial charge < -0.3 is 0 Å². The van der Waals surface area contributed by atoms with Gasteiger partial charge in [-0.05, 0) is 72.9 Å². The molecule has 0 unspecified atom stereocenters. The van der Waals surface area contributed by atoms with Crippen molar-refractivity contribution in [3.8, 4) is 11.1 Å². The van der Waals surface area contributed by atoms with Gasteiger partial charge >= 0.3 is 0 Å². The lowest BCUT2D eigenvalue weighted by Gasteiger charge is -2.24. The lowest BCUT2D eigenvalue weighted by atomic mass is 9.82. The fraction of sp³-hybridized carbons (Fsp3) is 0.419. The van der Waals surface area contributed by atoms with Gasteiger partial charge in [0.25, 0.3) is 0 Å². The Bertz CT molecular complexity index is 1090. The zero-order valence-corrected chi connectivity index (χ0v) is 22.6. The first-order chi connectivity index (χ1) is 15.6. The van der Waals surface area contributed by atoms with E-state index < -0.39 is 0 Å². The van der Waals surface area contributed by atoms with Crippen LogP contribution in [0.4, 0.5) is 0 Å². The highest BCUT2D eigenvalue weighted by Gasteiger charge is 2.29. The van der Waals surface area contributed by atoms with Crippen LogP contribution in [0.3, 0.4) is 0 Å². The molecule has 33 heavy (non-hydrogen) atoms. The molecule has 6 rings (SSSR count). The van der Waals surface area contributed by atoms with Crippen molar-refractivity contribution in [2.24, 2.45) is 0 Å². The highest BCUT2D eigenvalue weighted by molar-refractivity contribution is 7.98. The third-order valence-corrected chi connectivity index (χ3v) is 9.24. The third-order valence-electron chi connectivity index (χ3n) is 7.14. The molecule has 0 aromatic heterocycles. The van der Waals surface area contributed by atoms with Crippen LogP contribution in [0.1, 0.15) is 86.1 Å². The average molecular weight is 473 g/mol. The summed E-state index contributed by atoms with van der Waals surface area (Å²) in [5, 5.41) is 0. The van der Waals surface area contributed by atoms with Gasteiger partial charge in [0.1, 0.15) is 0 Å². The Balaban J connectivity index is 1.70. The summed E-state index contributed by atoms with van der Waals surface area (Å²) in [7, 11) is 0. The summed E-state index contributed by atoms with van der Waals surface area (Å²) in [6.07, 6.45) is 1.09. The van der Waals surface area contributed by atoms with Gasteiger partial charge in [-0.3, -0.25) is 0 Å². The molecule has 0 atom stereocenters. The van der Waals surface area contributed by atoms with E-state index in [1.165, 1.54) is 33.4 Å². The van der Waals surface area contributed by atoms with Gasteiger partial charge in [0.15, 0.2) is 0 Å². The molecule has 0 fully saturated rings. The normalized spacial score (nSPS) is 15.9. The maximum absolute atomic E-state index is 2.51. The second-order valence-corrected chi connectivity index (χ2v) is 13.8. The van der Waals surface area contributed by atoms with E-state index in [-0.39, 0.29) is 10.8 Å². The molecule has 172 valence electrons. The van der Waals surface area contributed by atoms with Crippen LogP contribution >= 0.6 is 23.5 Å². The molecule has 0 saturated heterocycles. The van der Waals surface area contributed by atoms with Crippen molar-refractivity contribution in [2.45, 2.75) is 81.8 Å². The molecule has 0 N–H and O–H groups in total. The van der Waals surface area contributed by atoms with E-state index >= 15 is 0 Å². The van der Waals surface area contributed by atoms with E-state index in [9.17, 15) is 0 Å². The largest absolute Gasteiger partial charge is 0.152 e. The van der Waals surface area contributed by atoms with Gasteiger partial charge in [-0.1, -0.05) is 90.1 Å². The van der Waals surface area contributed by atoms with E-state index in [1.54, 1.807) is 22.3 Å². The number of benzene rings is 3. The van der Waals surface area contributed by atoms with Crippen molar-refractivity contribution in [2.75, 3.05) is 0 Å². The molecule has 0 spiro atoms. The van der Waals surface area contributed by atoms with Crippen LogP contribution in [-0.2, 0) is 40.3 Å². The third kappa shape index (κ3) is 4.66. The van der Waals surface area contributed by atoms with Crippen LogP contribution in [0.15, 0.2) is 48.5 Å². The molecule has 2 heterocycles. The van der Waals surface area contributed by atoms with Crippen molar-refractivity contribution in [3.63, 3.8) is 0 Å². The zero-order valence-electron chi connectivity index (χ0n) is 21.0. The van der Waals surface area contributed by atoms with E-state index in [0.29, 0.717) is 0 Å². The smallest absolute Gasteiger partial charge is 0.0191 e. The summed E-state index contributed by atoms with van der Waals surface area (Å²) in [5.74, 6) is 4.32. The van der Waals surface area contributed by atoms with Gasteiger partial charge in [0.2, 0.25) is 0 Å². The summed E-state index contributed by atoms with van der Waals surface area (Å²) in [4.78, 5) is 0. The molecule has 2 heteroatoms. The average Bonchev–Trinajstić information content (AvgIpc) is 3.12. The van der Waals surface area contributed by atoms with Crippen molar-refractivity contribution < 1.29 is 0 Å². The Labute approximate surface area is 209 Å². The topological polar surface area (TPSA) is 0 Å². The van der Waals surface area contributed by atoms with E-state index in [4.69, 9.17) is 0 Å². The van der Waals surface area contributed by atoms with E-state index in [2.05, 4.69) is 114 Å². The summed E-state index contributed by atoms with van der Waals surface area (Å²) in [6, 6.07) is 19.4. The molecular formula is C31H36S2. The van der Waals surface area contributed by atoms with Crippen molar-refractivity contribution in [1.29, 1.82) is 0 Å². The monoisotopic (exact) mass is 472 g/mol. The van der Waals surface area contributed by atoms with Gasteiger partial charge in [0.05, 0.1) is 0 Å². The number of rotatable bonds is 0. The Morgan fingerprint density at radius 3 is 1.30 bits per heavy atom. The van der Waals surface area contributed by atoms with Gasteiger partial charge in [-0.2, -0.15) is 23.5 Å². The lowest BCUT2D eigenvalue weighted by Crippen LogP contribution is -2.13. The first-order valence-electron chi connectivity index (χ1n) is 12.2. The molecule has 0 amide bonds. The molecule has 3 aliphatic rings. The summed E-state index contributed by atoms with van der Waals surface area (Å²) < 4.78 is 0. The van der Waals surface area contributed by atoms with Crippen LogP contribution < -0.4 is 0 Å². The van der Waals surface area contributed by atoms with Gasteiger partial charge in [0, 0.05) is 23.0 Å². The number of thioether (sulfide) groups is 2. The Morgan fingerprint density at radius 2 is 0.939 bits per heavy atom. The SMILES string of the molecule is CC(C)(C)c1cc2c3c(c1)-c1cc(C(C)(C)C)cc(c1C3)CSCc1ccc(cc1)CSC2. The second kappa shape index (κ2) is 8.54. The minimum atomic E-state index is 0.147. The molecule has 3 aromatic carbocycles. The zero-order chi connectivity index (χ0) is 23.4. The van der Waals surface area contributed by atoms with Crippen molar-refractivity contribution in [3.05, 3.63) is 93.0 Å². The summed E-state index contributed by atoms with van der Waals surface area (Å²) >= 11 is 4.12. The number of hydrogen-bond acceptors (Lipinski definition) is 2. The first-order valence-corrected chi connectivity index (χ1v) is 14.5. The fourth-order valence-corrected chi connectivity index (χ4v) is 6.97. The molecule has 3 aromatic rings. The predicted molar refractivity (Wildman–Crippen MR) is 149 cm³/mol. The highest BCUT2D eigenvalue weighted by atomic mass is 32.2. The van der Waals surface area contributed by atoms with E-state index in [1.807, 2.05) is 0 Å². The molecule has 0 nitrogen and oxygen atoms in total. The fourth-order valence-electron chi connectivity index (χ4n) is 4.95. The molecule has 0 radical (unpaired) electrons. The number of hydrogen-bond donors (Lipinski definition) is 0. The first kappa shape index (κ1) is 23.1.